The Balaban J connectivity index is 2.13. The van der Waals surface area contributed by atoms with Gasteiger partial charge in [-0.25, -0.2) is 4.79 Å². The average molecular weight is 295 g/mol. The van der Waals surface area contributed by atoms with Gasteiger partial charge in [-0.05, 0) is 6.07 Å². The van der Waals surface area contributed by atoms with Gasteiger partial charge in [0.15, 0.2) is 11.5 Å². The minimum Gasteiger partial charge on any atom is -0.493 e. The molecule has 1 amide bonds. The monoisotopic (exact) mass is 295 g/mol. The molecule has 0 aliphatic carbocycles. The van der Waals surface area contributed by atoms with Crippen LogP contribution in [0.25, 0.3) is 0 Å². The number of fused-ring (bicyclic) bond motifs is 3. The van der Waals surface area contributed by atoms with Crippen molar-refractivity contribution >= 4 is 23.6 Å². The van der Waals surface area contributed by atoms with Gasteiger partial charge in [-0.15, -0.1) is 11.8 Å². The molecule has 0 bridgehead atoms. The maximum Gasteiger partial charge on any atom is 0.327 e. The summed E-state index contributed by atoms with van der Waals surface area (Å²) in [5, 5.41) is 8.97. The van der Waals surface area contributed by atoms with E-state index in [0.29, 0.717) is 22.8 Å². The molecule has 2 aliphatic rings. The van der Waals surface area contributed by atoms with Gasteiger partial charge in [0.05, 0.1) is 19.8 Å². The number of carbonyl (C=O) groups excluding carboxylic acids is 1. The second-order valence-electron chi connectivity index (χ2n) is 4.52. The van der Waals surface area contributed by atoms with Crippen LogP contribution < -0.4 is 9.47 Å². The number of carboxylic acids is 1. The Morgan fingerprint density at radius 3 is 2.75 bits per heavy atom. The third kappa shape index (κ3) is 1.59. The minimum absolute atomic E-state index is 0.251. The largest absolute Gasteiger partial charge is 0.493 e. The van der Waals surface area contributed by atoms with Crippen LogP contribution in [0.2, 0.25) is 0 Å². The standard InChI is InChI=1S/C13H13NO5S/c1-18-8-4-3-6-9(10(8)19-2)11(15)14-7(13(16)17)5-20-12(6)14/h3-4,7,12H,5H2,1-2H3,(H,16,17)/t7-,12-/m0/s1. The van der Waals surface area contributed by atoms with Gasteiger partial charge in [-0.3, -0.25) is 4.79 Å². The zero-order valence-corrected chi connectivity index (χ0v) is 11.8. The molecule has 6 nitrogen and oxygen atoms in total. The van der Waals surface area contributed by atoms with E-state index in [0.717, 1.165) is 5.56 Å². The molecule has 106 valence electrons. The van der Waals surface area contributed by atoms with Crippen LogP contribution in [0.15, 0.2) is 12.1 Å². The number of carboxylic acid groups (broad SMARTS) is 1. The number of methoxy groups -OCH3 is 2. The number of nitrogens with zero attached hydrogens (tertiary/aromatic N) is 1. The zero-order chi connectivity index (χ0) is 14.4. The molecule has 3 rings (SSSR count). The summed E-state index contributed by atoms with van der Waals surface area (Å²) in [4.78, 5) is 25.2. The van der Waals surface area contributed by atoms with E-state index < -0.39 is 12.0 Å². The third-order valence-corrected chi connectivity index (χ3v) is 4.88. The Kier molecular flexibility index (Phi) is 3.01. The van der Waals surface area contributed by atoms with E-state index >= 15 is 0 Å². The van der Waals surface area contributed by atoms with Gasteiger partial charge in [0.25, 0.3) is 5.91 Å². The topological polar surface area (TPSA) is 76.1 Å². The lowest BCUT2D eigenvalue weighted by Gasteiger charge is -2.19. The van der Waals surface area contributed by atoms with Crippen molar-refractivity contribution in [1.29, 1.82) is 0 Å². The molecule has 0 unspecified atom stereocenters. The van der Waals surface area contributed by atoms with Crippen LogP contribution in [0.3, 0.4) is 0 Å². The van der Waals surface area contributed by atoms with Crippen LogP contribution in [0.5, 0.6) is 11.5 Å². The minimum atomic E-state index is -0.980. The molecule has 0 aromatic heterocycles. The Morgan fingerprint density at radius 2 is 2.15 bits per heavy atom. The van der Waals surface area contributed by atoms with Crippen molar-refractivity contribution < 1.29 is 24.2 Å². The fourth-order valence-electron chi connectivity index (χ4n) is 2.68. The van der Waals surface area contributed by atoms with Gasteiger partial charge in [-0.2, -0.15) is 0 Å². The molecule has 2 heterocycles. The molecule has 1 saturated heterocycles. The van der Waals surface area contributed by atoms with E-state index in [2.05, 4.69) is 0 Å². The lowest BCUT2D eigenvalue weighted by Crippen LogP contribution is -2.39. The van der Waals surface area contributed by atoms with Gasteiger partial charge in [0.2, 0.25) is 0 Å². The van der Waals surface area contributed by atoms with Gasteiger partial charge in [0, 0.05) is 11.3 Å². The van der Waals surface area contributed by atoms with Crippen LogP contribution in [0, 0.1) is 0 Å². The second-order valence-corrected chi connectivity index (χ2v) is 5.63. The highest BCUT2D eigenvalue weighted by atomic mass is 32.2. The number of hydrogen-bond acceptors (Lipinski definition) is 5. The Bertz CT molecular complexity index is 603. The summed E-state index contributed by atoms with van der Waals surface area (Å²) in [5.41, 5.74) is 1.21. The molecule has 20 heavy (non-hydrogen) atoms. The van der Waals surface area contributed by atoms with Crippen molar-refractivity contribution in [3.05, 3.63) is 23.3 Å². The summed E-state index contributed by atoms with van der Waals surface area (Å²) in [5.74, 6) is -0.0449. The summed E-state index contributed by atoms with van der Waals surface area (Å²) in [6.45, 7) is 0. The second kappa shape index (κ2) is 4.59. The predicted molar refractivity (Wildman–Crippen MR) is 72.3 cm³/mol. The third-order valence-electron chi connectivity index (χ3n) is 3.58. The van der Waals surface area contributed by atoms with E-state index in [1.807, 2.05) is 0 Å². The maximum absolute atomic E-state index is 12.6. The molecule has 0 radical (unpaired) electrons. The highest BCUT2D eigenvalue weighted by Gasteiger charge is 2.50. The first-order valence-corrected chi connectivity index (χ1v) is 7.07. The van der Waals surface area contributed by atoms with Crippen molar-refractivity contribution in [3.8, 4) is 11.5 Å². The molecule has 1 aromatic carbocycles. The zero-order valence-electron chi connectivity index (χ0n) is 11.0. The first-order valence-electron chi connectivity index (χ1n) is 6.02. The number of benzene rings is 1. The lowest BCUT2D eigenvalue weighted by molar-refractivity contribution is -0.141. The summed E-state index contributed by atoms with van der Waals surface area (Å²) in [6.07, 6.45) is 0. The smallest absolute Gasteiger partial charge is 0.327 e. The van der Waals surface area contributed by atoms with Crippen LogP contribution in [-0.4, -0.2) is 47.9 Å². The number of thioether (sulfide) groups is 1. The van der Waals surface area contributed by atoms with E-state index in [4.69, 9.17) is 9.47 Å². The van der Waals surface area contributed by atoms with E-state index in [9.17, 15) is 14.7 Å². The predicted octanol–water partition coefficient (Wildman–Crippen LogP) is 1.36. The number of amides is 1. The SMILES string of the molecule is COc1ccc2c(c1OC)C(=O)N1[C@H](C(=O)O)CS[C@@H]21. The van der Waals surface area contributed by atoms with Crippen molar-refractivity contribution in [1.82, 2.24) is 4.90 Å². The highest BCUT2D eigenvalue weighted by molar-refractivity contribution is 7.99. The van der Waals surface area contributed by atoms with Gasteiger partial charge in [-0.1, -0.05) is 6.07 Å². The number of ether oxygens (including phenoxy) is 2. The molecular weight excluding hydrogens is 282 g/mol. The van der Waals surface area contributed by atoms with Crippen LogP contribution >= 0.6 is 11.8 Å². The molecule has 1 fully saturated rings. The first kappa shape index (κ1) is 13.1. The molecule has 2 atom stereocenters. The van der Waals surface area contributed by atoms with Gasteiger partial charge < -0.3 is 19.5 Å². The Hall–Kier alpha value is -1.89. The van der Waals surface area contributed by atoms with E-state index in [-0.39, 0.29) is 11.3 Å². The number of rotatable bonds is 3. The molecule has 1 aromatic rings. The van der Waals surface area contributed by atoms with Gasteiger partial charge >= 0.3 is 5.97 Å². The van der Waals surface area contributed by atoms with Crippen molar-refractivity contribution in [2.45, 2.75) is 11.4 Å². The fourth-order valence-corrected chi connectivity index (χ4v) is 4.13. The fraction of sp³-hybridized carbons (Fsp3) is 0.385. The quantitative estimate of drug-likeness (QED) is 0.907. The lowest BCUT2D eigenvalue weighted by atomic mass is 10.1. The number of aliphatic carboxylic acids is 1. The van der Waals surface area contributed by atoms with Crippen LogP contribution in [0.1, 0.15) is 21.3 Å². The molecular formula is C13H13NO5S. The first-order chi connectivity index (χ1) is 9.60. The van der Waals surface area contributed by atoms with E-state index in [1.165, 1.54) is 30.9 Å². The van der Waals surface area contributed by atoms with Gasteiger partial charge in [0.1, 0.15) is 11.4 Å². The number of carbonyl (C=O) groups is 2. The summed E-state index contributed by atoms with van der Waals surface area (Å²) in [6, 6.07) is 2.75. The maximum atomic E-state index is 12.6. The van der Waals surface area contributed by atoms with Crippen LogP contribution in [0.4, 0.5) is 0 Å². The van der Waals surface area contributed by atoms with Crippen molar-refractivity contribution in [2.24, 2.45) is 0 Å². The molecule has 1 N–H and O–H groups in total. The van der Waals surface area contributed by atoms with Crippen molar-refractivity contribution in [2.75, 3.05) is 20.0 Å². The molecule has 2 aliphatic heterocycles. The summed E-state index contributed by atoms with van der Waals surface area (Å²) in [7, 11) is 2.97. The molecule has 7 heteroatoms. The molecule has 0 saturated carbocycles. The van der Waals surface area contributed by atoms with Crippen molar-refractivity contribution in [3.63, 3.8) is 0 Å². The highest BCUT2D eigenvalue weighted by Crippen LogP contribution is 2.52. The Morgan fingerprint density at radius 1 is 1.40 bits per heavy atom. The Labute approximate surface area is 119 Å². The normalized spacial score (nSPS) is 23.5. The number of hydrogen-bond donors (Lipinski definition) is 1. The van der Waals surface area contributed by atoms with E-state index in [1.54, 1.807) is 12.1 Å². The average Bonchev–Trinajstić information content (AvgIpc) is 2.99. The summed E-state index contributed by atoms with van der Waals surface area (Å²) < 4.78 is 10.5. The van der Waals surface area contributed by atoms with Crippen LogP contribution in [-0.2, 0) is 4.79 Å². The summed E-state index contributed by atoms with van der Waals surface area (Å²) >= 11 is 1.46. The molecule has 0 spiro atoms.